The number of β-amino-alcohol motifs (C(OH)–C–C–N with tert-alkyl or cyclic N) is 1. The third-order valence-electron chi connectivity index (χ3n) is 6.18. The molecule has 1 aliphatic carbocycles. The fourth-order valence-corrected chi connectivity index (χ4v) is 5.54. The van der Waals surface area contributed by atoms with Crippen LogP contribution in [0, 0.1) is 29.1 Å². The van der Waals surface area contributed by atoms with E-state index in [1.807, 2.05) is 32.9 Å². The number of aliphatic hydroxyl groups excluding tert-OH is 1. The van der Waals surface area contributed by atoms with E-state index in [9.17, 15) is 19.5 Å². The van der Waals surface area contributed by atoms with Gasteiger partial charge in [0, 0.05) is 25.0 Å². The Morgan fingerprint density at radius 1 is 1.13 bits per heavy atom. The van der Waals surface area contributed by atoms with Crippen molar-refractivity contribution in [2.45, 2.75) is 66.0 Å². The van der Waals surface area contributed by atoms with Crippen LogP contribution in [0.3, 0.4) is 0 Å². The van der Waals surface area contributed by atoms with Crippen molar-refractivity contribution in [2.24, 2.45) is 29.1 Å². The molecule has 2 rings (SSSR count). The highest BCUT2D eigenvalue weighted by atomic mass is 16.3. The molecule has 3 N–H and O–H groups in total. The Balaban J connectivity index is 2.39. The number of likely N-dealkylation sites (tertiary alicyclic amines) is 1. The van der Waals surface area contributed by atoms with Crippen LogP contribution in [0.4, 0.5) is 0 Å². The lowest BCUT2D eigenvalue weighted by molar-refractivity contribution is -0.141. The molecule has 0 saturated carbocycles. The predicted octanol–water partition coefficient (Wildman–Crippen LogP) is 1.71. The van der Waals surface area contributed by atoms with E-state index >= 15 is 0 Å². The van der Waals surface area contributed by atoms with Crippen LogP contribution in [-0.4, -0.2) is 59.5 Å². The first-order valence-corrected chi connectivity index (χ1v) is 11.0. The van der Waals surface area contributed by atoms with Crippen molar-refractivity contribution < 1.29 is 19.5 Å². The first-order chi connectivity index (χ1) is 13.9. The predicted molar refractivity (Wildman–Crippen MR) is 116 cm³/mol. The third kappa shape index (κ3) is 5.05. The third-order valence-corrected chi connectivity index (χ3v) is 6.18. The summed E-state index contributed by atoms with van der Waals surface area (Å²) in [6, 6.07) is -0.727. The van der Waals surface area contributed by atoms with Gasteiger partial charge in [-0.15, -0.1) is 0 Å². The quantitative estimate of drug-likeness (QED) is 0.545. The van der Waals surface area contributed by atoms with E-state index in [0.29, 0.717) is 0 Å². The summed E-state index contributed by atoms with van der Waals surface area (Å²) >= 11 is 0. The number of aliphatic hydroxyl groups is 1. The van der Waals surface area contributed by atoms with Gasteiger partial charge < -0.3 is 20.6 Å². The molecule has 3 amide bonds. The van der Waals surface area contributed by atoms with Crippen LogP contribution >= 0.6 is 0 Å². The summed E-state index contributed by atoms with van der Waals surface area (Å²) in [5.41, 5.74) is -0.426. The number of hydrogen-bond acceptors (Lipinski definition) is 4. The zero-order chi connectivity index (χ0) is 22.9. The molecule has 0 bridgehead atoms. The van der Waals surface area contributed by atoms with E-state index in [-0.39, 0.29) is 48.1 Å². The molecule has 2 aliphatic rings. The summed E-state index contributed by atoms with van der Waals surface area (Å²) in [4.78, 5) is 40.9. The van der Waals surface area contributed by atoms with Gasteiger partial charge in [-0.1, -0.05) is 39.8 Å². The fraction of sp³-hybridized carbons (Fsp3) is 0.783. The van der Waals surface area contributed by atoms with Gasteiger partial charge in [-0.25, -0.2) is 0 Å². The number of hydrogen-bond donors (Lipinski definition) is 3. The number of amides is 3. The summed E-state index contributed by atoms with van der Waals surface area (Å²) in [7, 11) is 1.58. The Hall–Kier alpha value is -1.89. The molecule has 0 radical (unpaired) electrons. The molecule has 1 fully saturated rings. The number of nitrogens with zero attached hydrogens (tertiary/aromatic N) is 1. The monoisotopic (exact) mass is 421 g/mol. The van der Waals surface area contributed by atoms with Gasteiger partial charge in [0.2, 0.25) is 17.7 Å². The average Bonchev–Trinajstić information content (AvgIpc) is 2.90. The zero-order valence-corrected chi connectivity index (χ0v) is 19.5. The number of nitrogens with one attached hydrogen (secondary N) is 2. The summed E-state index contributed by atoms with van der Waals surface area (Å²) in [6.07, 6.45) is 5.43. The maximum absolute atomic E-state index is 13.4. The van der Waals surface area contributed by atoms with E-state index in [1.54, 1.807) is 7.05 Å². The first kappa shape index (κ1) is 24.4. The highest BCUT2D eigenvalue weighted by molar-refractivity contribution is 5.97. The molecule has 1 aliphatic heterocycles. The van der Waals surface area contributed by atoms with Crippen molar-refractivity contribution in [1.82, 2.24) is 15.5 Å². The Labute approximate surface area is 180 Å². The Kier molecular flexibility index (Phi) is 7.38. The molecule has 0 aromatic rings. The van der Waals surface area contributed by atoms with Gasteiger partial charge in [0.1, 0.15) is 6.04 Å². The van der Waals surface area contributed by atoms with Crippen LogP contribution in [-0.2, 0) is 14.4 Å². The summed E-state index contributed by atoms with van der Waals surface area (Å²) in [5, 5.41) is 15.4. The molecule has 30 heavy (non-hydrogen) atoms. The molecular weight excluding hydrogens is 382 g/mol. The Bertz CT molecular complexity index is 695. The minimum Gasteiger partial charge on any atom is -0.395 e. The van der Waals surface area contributed by atoms with Gasteiger partial charge >= 0.3 is 0 Å². The second-order valence-corrected chi connectivity index (χ2v) is 10.5. The Morgan fingerprint density at radius 3 is 2.27 bits per heavy atom. The van der Waals surface area contributed by atoms with Crippen molar-refractivity contribution in [3.8, 4) is 0 Å². The van der Waals surface area contributed by atoms with Gasteiger partial charge in [-0.3, -0.25) is 14.4 Å². The molecular formula is C23H39N3O4. The highest BCUT2D eigenvalue weighted by Crippen LogP contribution is 2.45. The lowest BCUT2D eigenvalue weighted by Crippen LogP contribution is -2.55. The van der Waals surface area contributed by atoms with Crippen LogP contribution in [0.2, 0.25) is 0 Å². The van der Waals surface area contributed by atoms with E-state index < -0.39 is 23.4 Å². The van der Waals surface area contributed by atoms with Crippen LogP contribution in [0.15, 0.2) is 12.2 Å². The van der Waals surface area contributed by atoms with Gasteiger partial charge in [0.05, 0.1) is 18.4 Å². The summed E-state index contributed by atoms with van der Waals surface area (Å²) < 4.78 is 0. The van der Waals surface area contributed by atoms with Gasteiger partial charge in [-0.2, -0.15) is 0 Å². The number of allylic oxidation sites excluding steroid dienone is 1. The molecule has 0 unspecified atom stereocenters. The molecule has 5 atom stereocenters. The standard InChI is InChI=1S/C23H39N3O4/c1-8-14-9-10-15-17(16(14)19(28)24-7)21(30)26(11-12-27)18(15)20(29)25-23(5,6)13-22(2,3)4/h9-10,14-18,27H,8,11-13H2,1-7H3,(H,24,28)(H,25,29)/t14-,15+,16-,17-,18+/m1/s1. The highest BCUT2D eigenvalue weighted by Gasteiger charge is 2.57. The minimum absolute atomic E-state index is 0.0268. The van der Waals surface area contributed by atoms with Crippen LogP contribution in [0.5, 0.6) is 0 Å². The number of rotatable bonds is 7. The molecule has 1 saturated heterocycles. The Morgan fingerprint density at radius 2 is 1.77 bits per heavy atom. The van der Waals surface area contributed by atoms with E-state index in [0.717, 1.165) is 12.8 Å². The SMILES string of the molecule is CC[C@@H]1C=C[C@H]2[C@@H](C(=O)N(CCO)[C@@H]2C(=O)NC(C)(C)CC(C)(C)C)[C@@H]1C(=O)NC. The van der Waals surface area contributed by atoms with Gasteiger partial charge in [0.25, 0.3) is 0 Å². The minimum atomic E-state index is -0.727. The molecule has 0 spiro atoms. The number of fused-ring (bicyclic) bond motifs is 1. The fourth-order valence-electron chi connectivity index (χ4n) is 5.54. The lowest BCUT2D eigenvalue weighted by Gasteiger charge is -2.37. The second-order valence-electron chi connectivity index (χ2n) is 10.5. The lowest BCUT2D eigenvalue weighted by atomic mass is 9.68. The topological polar surface area (TPSA) is 98.7 Å². The molecule has 170 valence electrons. The maximum Gasteiger partial charge on any atom is 0.243 e. The van der Waals surface area contributed by atoms with Crippen molar-refractivity contribution in [1.29, 1.82) is 0 Å². The summed E-state index contributed by atoms with van der Waals surface area (Å²) in [5.74, 6) is -2.16. The van der Waals surface area contributed by atoms with E-state index in [1.165, 1.54) is 4.90 Å². The molecule has 1 heterocycles. The number of carbonyl (C=O) groups is 3. The van der Waals surface area contributed by atoms with Crippen molar-refractivity contribution in [3.63, 3.8) is 0 Å². The maximum atomic E-state index is 13.4. The smallest absolute Gasteiger partial charge is 0.243 e. The largest absolute Gasteiger partial charge is 0.395 e. The molecule has 0 aromatic heterocycles. The molecule has 7 nitrogen and oxygen atoms in total. The summed E-state index contributed by atoms with van der Waals surface area (Å²) in [6.45, 7) is 12.2. The first-order valence-electron chi connectivity index (χ1n) is 11.0. The van der Waals surface area contributed by atoms with Crippen molar-refractivity contribution >= 4 is 17.7 Å². The van der Waals surface area contributed by atoms with Crippen molar-refractivity contribution in [3.05, 3.63) is 12.2 Å². The van der Waals surface area contributed by atoms with Gasteiger partial charge in [0.15, 0.2) is 0 Å². The average molecular weight is 422 g/mol. The molecule has 0 aromatic carbocycles. The zero-order valence-electron chi connectivity index (χ0n) is 19.5. The van der Waals surface area contributed by atoms with Crippen LogP contribution in [0.25, 0.3) is 0 Å². The van der Waals surface area contributed by atoms with E-state index in [2.05, 4.69) is 31.4 Å². The second kappa shape index (κ2) is 9.08. The van der Waals surface area contributed by atoms with E-state index in [4.69, 9.17) is 0 Å². The normalized spacial score (nSPS) is 29.0. The van der Waals surface area contributed by atoms with Crippen LogP contribution in [0.1, 0.15) is 54.4 Å². The van der Waals surface area contributed by atoms with Gasteiger partial charge in [-0.05, 0) is 38.0 Å². The molecule has 7 heteroatoms. The number of carbonyl (C=O) groups excluding carboxylic acids is 3. The van der Waals surface area contributed by atoms with Crippen molar-refractivity contribution in [2.75, 3.05) is 20.2 Å². The van der Waals surface area contributed by atoms with Crippen LogP contribution < -0.4 is 10.6 Å².